The summed E-state index contributed by atoms with van der Waals surface area (Å²) in [6.45, 7) is 1.14. The van der Waals surface area contributed by atoms with Gasteiger partial charge in [-0.3, -0.25) is 4.79 Å². The maximum Gasteiger partial charge on any atom is 0.221 e. The molecule has 3 rings (SSSR count). The molecule has 1 aliphatic heterocycles. The molecule has 1 heterocycles. The van der Waals surface area contributed by atoms with Crippen molar-refractivity contribution in [1.82, 2.24) is 5.32 Å². The van der Waals surface area contributed by atoms with Gasteiger partial charge in [0.1, 0.15) is 12.4 Å². The zero-order chi connectivity index (χ0) is 14.7. The van der Waals surface area contributed by atoms with Gasteiger partial charge in [0.2, 0.25) is 5.91 Å². The van der Waals surface area contributed by atoms with E-state index in [4.69, 9.17) is 10.5 Å². The second-order valence-electron chi connectivity index (χ2n) is 6.41. The van der Waals surface area contributed by atoms with Crippen molar-refractivity contribution in [3.63, 3.8) is 0 Å². The molecule has 0 spiro atoms. The van der Waals surface area contributed by atoms with Gasteiger partial charge in [0.25, 0.3) is 0 Å². The lowest BCUT2D eigenvalue weighted by Gasteiger charge is -2.35. The van der Waals surface area contributed by atoms with Gasteiger partial charge in [-0.25, -0.2) is 0 Å². The zero-order valence-electron chi connectivity index (χ0n) is 12.4. The Kier molecular flexibility index (Phi) is 4.15. The highest BCUT2D eigenvalue weighted by molar-refractivity contribution is 5.77. The third-order valence-electron chi connectivity index (χ3n) is 4.92. The molecule has 1 atom stereocenters. The molecule has 0 radical (unpaired) electrons. The van der Waals surface area contributed by atoms with Crippen molar-refractivity contribution >= 4 is 5.91 Å². The molecule has 21 heavy (non-hydrogen) atoms. The predicted octanol–water partition coefficient (Wildman–Crippen LogP) is 2.54. The summed E-state index contributed by atoms with van der Waals surface area (Å²) in [5, 5.41) is 3.12. The number of amides is 1. The highest BCUT2D eigenvalue weighted by atomic mass is 16.5. The van der Waals surface area contributed by atoms with Crippen molar-refractivity contribution in [3.05, 3.63) is 29.8 Å². The minimum atomic E-state index is -0.0212. The zero-order valence-corrected chi connectivity index (χ0v) is 12.4. The Labute approximate surface area is 126 Å². The van der Waals surface area contributed by atoms with Gasteiger partial charge >= 0.3 is 0 Å². The summed E-state index contributed by atoms with van der Waals surface area (Å²) in [5.74, 6) is 0.988. The first-order chi connectivity index (χ1) is 10.2. The van der Waals surface area contributed by atoms with Crippen molar-refractivity contribution in [2.45, 2.75) is 44.6 Å². The standard InChI is InChI=1S/C17H24N2O2/c18-12-17(8-4-1-5-9-17)10-16(20)19-14-11-21-15-7-3-2-6-13(14)15/h2-3,6-7,14H,1,4-5,8-12,18H2,(H,19,20). The highest BCUT2D eigenvalue weighted by Gasteiger charge is 2.34. The van der Waals surface area contributed by atoms with Crippen LogP contribution in [0.2, 0.25) is 0 Å². The molecule has 2 aliphatic rings. The number of benzene rings is 1. The van der Waals surface area contributed by atoms with E-state index in [0.717, 1.165) is 24.2 Å². The average Bonchev–Trinajstić information content (AvgIpc) is 2.91. The Morgan fingerprint density at radius 3 is 2.81 bits per heavy atom. The van der Waals surface area contributed by atoms with Crippen LogP contribution in [0.5, 0.6) is 5.75 Å². The van der Waals surface area contributed by atoms with E-state index in [9.17, 15) is 4.79 Å². The number of para-hydroxylation sites is 1. The number of hydrogen-bond acceptors (Lipinski definition) is 3. The lowest BCUT2D eigenvalue weighted by molar-refractivity contribution is -0.124. The summed E-state index contributed by atoms with van der Waals surface area (Å²) >= 11 is 0. The fraction of sp³-hybridized carbons (Fsp3) is 0.588. The first-order valence-electron chi connectivity index (χ1n) is 7.94. The van der Waals surface area contributed by atoms with Crippen LogP contribution < -0.4 is 15.8 Å². The fourth-order valence-electron chi connectivity index (χ4n) is 3.62. The predicted molar refractivity (Wildman–Crippen MR) is 82.0 cm³/mol. The van der Waals surface area contributed by atoms with Crippen LogP contribution in [0, 0.1) is 5.41 Å². The van der Waals surface area contributed by atoms with Crippen LogP contribution in [0.1, 0.15) is 50.1 Å². The number of hydrogen-bond donors (Lipinski definition) is 2. The minimum Gasteiger partial charge on any atom is -0.491 e. The molecule has 0 saturated heterocycles. The van der Waals surface area contributed by atoms with Gasteiger partial charge in [0, 0.05) is 12.0 Å². The second-order valence-corrected chi connectivity index (χ2v) is 6.41. The van der Waals surface area contributed by atoms with Gasteiger partial charge in [0.05, 0.1) is 6.04 Å². The average molecular weight is 288 g/mol. The molecule has 1 unspecified atom stereocenters. The number of ether oxygens (including phenoxy) is 1. The van der Waals surface area contributed by atoms with E-state index in [1.807, 2.05) is 24.3 Å². The van der Waals surface area contributed by atoms with Crippen LogP contribution in [0.15, 0.2) is 24.3 Å². The number of carbonyl (C=O) groups excluding carboxylic acids is 1. The highest BCUT2D eigenvalue weighted by Crippen LogP contribution is 2.39. The largest absolute Gasteiger partial charge is 0.491 e. The lowest BCUT2D eigenvalue weighted by atomic mass is 9.71. The van der Waals surface area contributed by atoms with Crippen molar-refractivity contribution in [1.29, 1.82) is 0 Å². The van der Waals surface area contributed by atoms with Gasteiger partial charge < -0.3 is 15.8 Å². The summed E-state index contributed by atoms with van der Waals surface area (Å²) in [5.41, 5.74) is 7.06. The van der Waals surface area contributed by atoms with Crippen LogP contribution in [0.4, 0.5) is 0 Å². The van der Waals surface area contributed by atoms with Crippen LogP contribution >= 0.6 is 0 Å². The smallest absolute Gasteiger partial charge is 0.221 e. The van der Waals surface area contributed by atoms with Crippen LogP contribution in [-0.2, 0) is 4.79 Å². The van der Waals surface area contributed by atoms with Gasteiger partial charge in [0.15, 0.2) is 0 Å². The van der Waals surface area contributed by atoms with Crippen LogP contribution in [0.3, 0.4) is 0 Å². The monoisotopic (exact) mass is 288 g/mol. The Bertz CT molecular complexity index is 509. The molecular weight excluding hydrogens is 264 g/mol. The van der Waals surface area contributed by atoms with Crippen molar-refractivity contribution < 1.29 is 9.53 Å². The van der Waals surface area contributed by atoms with Gasteiger partial charge in [-0.2, -0.15) is 0 Å². The molecule has 0 aromatic heterocycles. The first kappa shape index (κ1) is 14.4. The number of rotatable bonds is 4. The van der Waals surface area contributed by atoms with E-state index < -0.39 is 0 Å². The molecule has 3 N–H and O–H groups in total. The summed E-state index contributed by atoms with van der Waals surface area (Å²) in [4.78, 5) is 12.4. The van der Waals surface area contributed by atoms with Gasteiger partial charge in [-0.1, -0.05) is 37.5 Å². The number of carbonyl (C=O) groups is 1. The first-order valence-corrected chi connectivity index (χ1v) is 7.94. The van der Waals surface area contributed by atoms with E-state index in [1.165, 1.54) is 19.3 Å². The molecule has 1 aromatic rings. The number of nitrogens with one attached hydrogen (secondary N) is 1. The minimum absolute atomic E-state index is 0.0152. The fourth-order valence-corrected chi connectivity index (χ4v) is 3.62. The molecule has 1 aromatic carbocycles. The Morgan fingerprint density at radius 2 is 2.05 bits per heavy atom. The second kappa shape index (κ2) is 6.06. The van der Waals surface area contributed by atoms with Gasteiger partial charge in [-0.05, 0) is 30.9 Å². The maximum absolute atomic E-state index is 12.4. The van der Waals surface area contributed by atoms with E-state index in [0.29, 0.717) is 19.6 Å². The van der Waals surface area contributed by atoms with Crippen molar-refractivity contribution in [2.75, 3.05) is 13.2 Å². The molecule has 4 heteroatoms. The number of nitrogens with two attached hydrogens (primary N) is 1. The van der Waals surface area contributed by atoms with E-state index in [1.54, 1.807) is 0 Å². The maximum atomic E-state index is 12.4. The van der Waals surface area contributed by atoms with Crippen molar-refractivity contribution in [2.24, 2.45) is 11.1 Å². The summed E-state index contributed by atoms with van der Waals surface area (Å²) < 4.78 is 5.61. The van der Waals surface area contributed by atoms with Crippen LogP contribution in [0.25, 0.3) is 0 Å². The van der Waals surface area contributed by atoms with E-state index >= 15 is 0 Å². The van der Waals surface area contributed by atoms with Crippen LogP contribution in [-0.4, -0.2) is 19.1 Å². The number of fused-ring (bicyclic) bond motifs is 1. The molecule has 1 fully saturated rings. The van der Waals surface area contributed by atoms with Crippen molar-refractivity contribution in [3.8, 4) is 5.75 Å². The normalized spacial score (nSPS) is 23.2. The molecule has 0 bridgehead atoms. The SMILES string of the molecule is NCC1(CC(=O)NC2COc3ccccc32)CCCCC1. The molecule has 1 saturated carbocycles. The lowest BCUT2D eigenvalue weighted by Crippen LogP contribution is -2.39. The van der Waals surface area contributed by atoms with E-state index in [2.05, 4.69) is 5.32 Å². The summed E-state index contributed by atoms with van der Waals surface area (Å²) in [6.07, 6.45) is 6.36. The topological polar surface area (TPSA) is 64.4 Å². The van der Waals surface area contributed by atoms with Gasteiger partial charge in [-0.15, -0.1) is 0 Å². The summed E-state index contributed by atoms with van der Waals surface area (Å²) in [6, 6.07) is 7.88. The molecule has 4 nitrogen and oxygen atoms in total. The Balaban J connectivity index is 1.62. The molecular formula is C17H24N2O2. The summed E-state index contributed by atoms with van der Waals surface area (Å²) in [7, 11) is 0. The quantitative estimate of drug-likeness (QED) is 0.895. The van der Waals surface area contributed by atoms with E-state index in [-0.39, 0.29) is 17.4 Å². The third-order valence-corrected chi connectivity index (χ3v) is 4.92. The third kappa shape index (κ3) is 3.05. The molecule has 114 valence electrons. The molecule has 1 amide bonds. The molecule has 1 aliphatic carbocycles. The Morgan fingerprint density at radius 1 is 1.29 bits per heavy atom. The Hall–Kier alpha value is -1.55.